The first-order valence-electron chi connectivity index (χ1n) is 5.67. The molecule has 0 aliphatic rings. The van der Waals surface area contributed by atoms with Crippen LogP contribution in [0.1, 0.15) is 24.3 Å². The van der Waals surface area contributed by atoms with E-state index in [4.69, 9.17) is 0 Å². The van der Waals surface area contributed by atoms with Crippen molar-refractivity contribution < 1.29 is 0 Å². The maximum absolute atomic E-state index is 3.48. The van der Waals surface area contributed by atoms with Gasteiger partial charge in [-0.15, -0.1) is 0 Å². The minimum absolute atomic E-state index is 0.644. The zero-order valence-electron chi connectivity index (χ0n) is 10.0. The van der Waals surface area contributed by atoms with Gasteiger partial charge in [0.2, 0.25) is 0 Å². The number of halogens is 1. The third-order valence-electron chi connectivity index (χ3n) is 2.69. The van der Waals surface area contributed by atoms with Gasteiger partial charge in [-0.3, -0.25) is 0 Å². The highest BCUT2D eigenvalue weighted by atomic mass is 79.9. The Balaban J connectivity index is 2.57. The van der Waals surface area contributed by atoms with E-state index in [2.05, 4.69) is 51.8 Å². The van der Waals surface area contributed by atoms with E-state index in [1.165, 1.54) is 24.2 Å². The number of hydrogen-bond donors (Lipinski definition) is 1. The normalized spacial score (nSPS) is 12.7. The van der Waals surface area contributed by atoms with Crippen molar-refractivity contribution >= 4 is 27.7 Å². The summed E-state index contributed by atoms with van der Waals surface area (Å²) < 4.78 is 1.16. The minimum atomic E-state index is 0.644. The average molecular weight is 302 g/mol. The topological polar surface area (TPSA) is 12.0 Å². The first kappa shape index (κ1) is 14.1. The SMILES string of the molecule is CNCC(CCCSC)c1ccc(Br)cc1. The van der Waals surface area contributed by atoms with E-state index in [0.717, 1.165) is 11.0 Å². The molecule has 16 heavy (non-hydrogen) atoms. The minimum Gasteiger partial charge on any atom is -0.319 e. The Morgan fingerprint density at radius 2 is 2.00 bits per heavy atom. The van der Waals surface area contributed by atoms with Crippen molar-refractivity contribution in [1.82, 2.24) is 5.32 Å². The second-order valence-corrected chi connectivity index (χ2v) is 5.84. The molecule has 1 aromatic carbocycles. The average Bonchev–Trinajstić information content (AvgIpc) is 2.29. The summed E-state index contributed by atoms with van der Waals surface area (Å²) in [5, 5.41) is 3.29. The first-order valence-corrected chi connectivity index (χ1v) is 7.85. The fraction of sp³-hybridized carbons (Fsp3) is 0.538. The molecule has 1 rings (SSSR count). The lowest BCUT2D eigenvalue weighted by molar-refractivity contribution is 0.578. The van der Waals surface area contributed by atoms with Crippen molar-refractivity contribution in [2.75, 3.05) is 25.6 Å². The van der Waals surface area contributed by atoms with E-state index in [1.54, 1.807) is 0 Å². The number of rotatable bonds is 7. The van der Waals surface area contributed by atoms with Gasteiger partial charge in [0, 0.05) is 11.0 Å². The van der Waals surface area contributed by atoms with Crippen LogP contribution in [0.5, 0.6) is 0 Å². The van der Waals surface area contributed by atoms with Crippen LogP contribution in [0, 0.1) is 0 Å². The molecular formula is C13H20BrNS. The van der Waals surface area contributed by atoms with Crippen molar-refractivity contribution in [1.29, 1.82) is 0 Å². The van der Waals surface area contributed by atoms with Gasteiger partial charge in [0.05, 0.1) is 0 Å². The highest BCUT2D eigenvalue weighted by Crippen LogP contribution is 2.23. The van der Waals surface area contributed by atoms with Gasteiger partial charge in [-0.25, -0.2) is 0 Å². The molecule has 1 aromatic rings. The Morgan fingerprint density at radius 1 is 1.31 bits per heavy atom. The molecule has 0 bridgehead atoms. The van der Waals surface area contributed by atoms with Gasteiger partial charge >= 0.3 is 0 Å². The highest BCUT2D eigenvalue weighted by molar-refractivity contribution is 9.10. The van der Waals surface area contributed by atoms with E-state index < -0.39 is 0 Å². The maximum atomic E-state index is 3.48. The van der Waals surface area contributed by atoms with Crippen molar-refractivity contribution in [3.8, 4) is 0 Å². The summed E-state index contributed by atoms with van der Waals surface area (Å²) in [5.74, 6) is 1.90. The molecule has 0 radical (unpaired) electrons. The zero-order valence-corrected chi connectivity index (χ0v) is 12.4. The molecule has 0 fully saturated rings. The predicted octanol–water partition coefficient (Wildman–Crippen LogP) is 3.90. The van der Waals surface area contributed by atoms with E-state index in [1.807, 2.05) is 18.8 Å². The molecule has 0 aromatic heterocycles. The second-order valence-electron chi connectivity index (χ2n) is 3.94. The molecular weight excluding hydrogens is 282 g/mol. The fourth-order valence-electron chi connectivity index (χ4n) is 1.84. The molecule has 1 N–H and O–H groups in total. The lowest BCUT2D eigenvalue weighted by Crippen LogP contribution is -2.17. The second kappa shape index (κ2) is 8.15. The number of benzene rings is 1. The molecule has 90 valence electrons. The highest BCUT2D eigenvalue weighted by Gasteiger charge is 2.09. The third kappa shape index (κ3) is 4.89. The molecule has 1 atom stereocenters. The Labute approximate surface area is 112 Å². The number of likely N-dealkylation sites (N-methyl/N-ethyl adjacent to an activating group) is 1. The Morgan fingerprint density at radius 3 is 2.56 bits per heavy atom. The van der Waals surface area contributed by atoms with Crippen LogP contribution >= 0.6 is 27.7 Å². The molecule has 1 nitrogen and oxygen atoms in total. The number of thioether (sulfide) groups is 1. The molecule has 1 unspecified atom stereocenters. The molecule has 0 aliphatic heterocycles. The van der Waals surface area contributed by atoms with Crippen LogP contribution in [-0.2, 0) is 0 Å². The van der Waals surface area contributed by atoms with Crippen LogP contribution in [-0.4, -0.2) is 25.6 Å². The quantitative estimate of drug-likeness (QED) is 0.767. The lowest BCUT2D eigenvalue weighted by Gasteiger charge is -2.16. The first-order chi connectivity index (χ1) is 7.77. The number of hydrogen-bond acceptors (Lipinski definition) is 2. The molecule has 0 spiro atoms. The van der Waals surface area contributed by atoms with Gasteiger partial charge < -0.3 is 5.32 Å². The van der Waals surface area contributed by atoms with Crippen LogP contribution in [0.2, 0.25) is 0 Å². The van der Waals surface area contributed by atoms with Gasteiger partial charge in [0.15, 0.2) is 0 Å². The van der Waals surface area contributed by atoms with Crippen molar-refractivity contribution in [2.45, 2.75) is 18.8 Å². The van der Waals surface area contributed by atoms with Crippen molar-refractivity contribution in [3.63, 3.8) is 0 Å². The van der Waals surface area contributed by atoms with Gasteiger partial charge in [0.1, 0.15) is 0 Å². The van der Waals surface area contributed by atoms with Crippen LogP contribution in [0.4, 0.5) is 0 Å². The molecule has 0 saturated carbocycles. The standard InChI is InChI=1S/C13H20BrNS/c1-15-10-12(4-3-9-16-2)11-5-7-13(14)8-6-11/h5-8,12,15H,3-4,9-10H2,1-2H3. The summed E-state index contributed by atoms with van der Waals surface area (Å²) in [6.45, 7) is 1.07. The molecule has 0 heterocycles. The Hall–Kier alpha value is 0.01000. The summed E-state index contributed by atoms with van der Waals surface area (Å²) in [4.78, 5) is 0. The number of nitrogens with one attached hydrogen (secondary N) is 1. The largest absolute Gasteiger partial charge is 0.319 e. The van der Waals surface area contributed by atoms with Crippen LogP contribution in [0.15, 0.2) is 28.7 Å². The van der Waals surface area contributed by atoms with Gasteiger partial charge in [0.25, 0.3) is 0 Å². The molecule has 0 saturated heterocycles. The van der Waals surface area contributed by atoms with Gasteiger partial charge in [-0.2, -0.15) is 11.8 Å². The van der Waals surface area contributed by atoms with Crippen molar-refractivity contribution in [3.05, 3.63) is 34.3 Å². The third-order valence-corrected chi connectivity index (χ3v) is 3.92. The van der Waals surface area contributed by atoms with E-state index in [-0.39, 0.29) is 0 Å². The van der Waals surface area contributed by atoms with Crippen LogP contribution < -0.4 is 5.32 Å². The Bertz CT molecular complexity index is 286. The van der Waals surface area contributed by atoms with Gasteiger partial charge in [-0.05, 0) is 55.5 Å². The zero-order chi connectivity index (χ0) is 11.8. The van der Waals surface area contributed by atoms with E-state index in [0.29, 0.717) is 5.92 Å². The fourth-order valence-corrected chi connectivity index (χ4v) is 2.56. The summed E-state index contributed by atoms with van der Waals surface area (Å²) in [6.07, 6.45) is 4.74. The summed E-state index contributed by atoms with van der Waals surface area (Å²) in [7, 11) is 2.03. The molecule has 0 amide bonds. The van der Waals surface area contributed by atoms with E-state index >= 15 is 0 Å². The smallest absolute Gasteiger partial charge is 0.0175 e. The monoisotopic (exact) mass is 301 g/mol. The maximum Gasteiger partial charge on any atom is 0.0175 e. The van der Waals surface area contributed by atoms with Crippen LogP contribution in [0.25, 0.3) is 0 Å². The summed E-state index contributed by atoms with van der Waals surface area (Å²) in [6, 6.07) is 8.72. The van der Waals surface area contributed by atoms with Gasteiger partial charge in [-0.1, -0.05) is 28.1 Å². The molecule has 0 aliphatic carbocycles. The predicted molar refractivity (Wildman–Crippen MR) is 78.4 cm³/mol. The Kier molecular flexibility index (Phi) is 7.17. The summed E-state index contributed by atoms with van der Waals surface area (Å²) in [5.41, 5.74) is 1.44. The lowest BCUT2D eigenvalue weighted by atomic mass is 9.94. The van der Waals surface area contributed by atoms with Crippen LogP contribution in [0.3, 0.4) is 0 Å². The molecule has 3 heteroatoms. The van der Waals surface area contributed by atoms with Crippen molar-refractivity contribution in [2.24, 2.45) is 0 Å². The summed E-state index contributed by atoms with van der Waals surface area (Å²) >= 11 is 5.41. The van der Waals surface area contributed by atoms with E-state index in [9.17, 15) is 0 Å².